The number of benzene rings is 2. The van der Waals surface area contributed by atoms with Gasteiger partial charge in [0.1, 0.15) is 17.7 Å². The summed E-state index contributed by atoms with van der Waals surface area (Å²) in [5, 5.41) is 18.8. The summed E-state index contributed by atoms with van der Waals surface area (Å²) in [5.74, 6) is -1.87. The first kappa shape index (κ1) is 18.1. The first-order chi connectivity index (χ1) is 13.0. The number of halogens is 1. The zero-order valence-corrected chi connectivity index (χ0v) is 14.5. The number of Topliss-reactive ketones (excluding diaryl/α,β-unsaturated/α-hetero) is 1. The number of hydrogen-bond acceptors (Lipinski definition) is 5. The molecule has 0 bridgehead atoms. The molecule has 0 N–H and O–H groups in total. The van der Waals surface area contributed by atoms with Gasteiger partial charge in [-0.15, -0.1) is 0 Å². The van der Waals surface area contributed by atoms with Crippen molar-refractivity contribution < 1.29 is 14.4 Å². The van der Waals surface area contributed by atoms with Crippen molar-refractivity contribution in [3.8, 4) is 12.1 Å². The molecular weight excluding hydrogens is 366 g/mol. The van der Waals surface area contributed by atoms with E-state index in [1.165, 1.54) is 36.4 Å². The van der Waals surface area contributed by atoms with E-state index < -0.39 is 29.7 Å². The molecule has 130 valence electrons. The van der Waals surface area contributed by atoms with Crippen molar-refractivity contribution in [3.05, 3.63) is 75.8 Å². The molecule has 0 radical (unpaired) electrons. The highest BCUT2D eigenvalue weighted by Gasteiger charge is 2.37. The minimum absolute atomic E-state index is 0.159. The summed E-state index contributed by atoms with van der Waals surface area (Å²) in [7, 11) is 0. The number of nitriles is 2. The fourth-order valence-electron chi connectivity index (χ4n) is 2.80. The molecule has 27 heavy (non-hydrogen) atoms. The van der Waals surface area contributed by atoms with Crippen LogP contribution in [0.5, 0.6) is 0 Å². The molecule has 0 aromatic heterocycles. The third-order valence-electron chi connectivity index (χ3n) is 4.07. The molecule has 0 saturated heterocycles. The van der Waals surface area contributed by atoms with Crippen LogP contribution in [0.25, 0.3) is 5.57 Å². The predicted octanol–water partition coefficient (Wildman–Crippen LogP) is 3.01. The van der Waals surface area contributed by atoms with Crippen LogP contribution < -0.4 is 0 Å². The molecule has 2 aromatic rings. The summed E-state index contributed by atoms with van der Waals surface area (Å²) in [4.78, 5) is 38.6. The van der Waals surface area contributed by atoms with Gasteiger partial charge in [0.05, 0.1) is 23.2 Å². The van der Waals surface area contributed by atoms with Crippen LogP contribution in [0.4, 0.5) is 0 Å². The van der Waals surface area contributed by atoms with Gasteiger partial charge >= 0.3 is 0 Å². The van der Waals surface area contributed by atoms with Gasteiger partial charge in [-0.05, 0) is 29.8 Å². The van der Waals surface area contributed by atoms with E-state index in [1.807, 2.05) is 0 Å². The third kappa shape index (κ3) is 3.22. The van der Waals surface area contributed by atoms with E-state index >= 15 is 0 Å². The Kier molecular flexibility index (Phi) is 4.85. The Morgan fingerprint density at radius 1 is 0.926 bits per heavy atom. The molecule has 3 rings (SSSR count). The monoisotopic (exact) mass is 375 g/mol. The molecular formula is C20H10ClN3O3. The molecule has 2 amide bonds. The Bertz CT molecular complexity index is 1040. The molecule has 6 nitrogen and oxygen atoms in total. The lowest BCUT2D eigenvalue weighted by Crippen LogP contribution is -2.35. The highest BCUT2D eigenvalue weighted by Crippen LogP contribution is 2.26. The summed E-state index contributed by atoms with van der Waals surface area (Å²) in [6, 6.07) is 15.6. The Balaban J connectivity index is 1.98. The highest BCUT2D eigenvalue weighted by molar-refractivity contribution is 6.31. The van der Waals surface area contributed by atoms with Crippen molar-refractivity contribution in [2.45, 2.75) is 0 Å². The summed E-state index contributed by atoms with van der Waals surface area (Å²) in [6.07, 6.45) is 0. The van der Waals surface area contributed by atoms with E-state index in [0.29, 0.717) is 10.6 Å². The van der Waals surface area contributed by atoms with Gasteiger partial charge in [0.15, 0.2) is 5.78 Å². The van der Waals surface area contributed by atoms with Crippen LogP contribution >= 0.6 is 11.6 Å². The summed E-state index contributed by atoms with van der Waals surface area (Å²) in [6.45, 7) is -0.572. The summed E-state index contributed by atoms with van der Waals surface area (Å²) >= 11 is 5.84. The third-order valence-corrected chi connectivity index (χ3v) is 4.32. The van der Waals surface area contributed by atoms with Crippen LogP contribution in [0.3, 0.4) is 0 Å². The molecule has 0 spiro atoms. The largest absolute Gasteiger partial charge is 0.292 e. The molecule has 1 aliphatic heterocycles. The maximum Gasteiger partial charge on any atom is 0.261 e. The van der Waals surface area contributed by atoms with Gasteiger partial charge in [0.25, 0.3) is 11.8 Å². The number of fused-ring (bicyclic) bond motifs is 1. The Morgan fingerprint density at radius 2 is 1.44 bits per heavy atom. The Hall–Kier alpha value is -3.74. The second kappa shape index (κ2) is 7.25. The number of rotatable bonds is 4. The fraction of sp³-hybridized carbons (Fsp3) is 0.0500. The molecule has 1 heterocycles. The molecule has 0 saturated carbocycles. The quantitative estimate of drug-likeness (QED) is 0.464. The van der Waals surface area contributed by atoms with E-state index in [0.717, 1.165) is 4.90 Å². The summed E-state index contributed by atoms with van der Waals surface area (Å²) < 4.78 is 0. The minimum atomic E-state index is -0.690. The molecule has 7 heteroatoms. The first-order valence-corrected chi connectivity index (χ1v) is 8.14. The number of imide groups is 1. The van der Waals surface area contributed by atoms with Gasteiger partial charge in [0.2, 0.25) is 0 Å². The second-order valence-electron chi connectivity index (χ2n) is 5.65. The molecule has 0 unspecified atom stereocenters. The number of nitrogens with zero attached hydrogens (tertiary/aromatic N) is 3. The average molecular weight is 376 g/mol. The minimum Gasteiger partial charge on any atom is -0.292 e. The van der Waals surface area contributed by atoms with E-state index in [9.17, 15) is 24.9 Å². The Morgan fingerprint density at radius 3 is 1.93 bits per heavy atom. The normalized spacial score (nSPS) is 12.2. The van der Waals surface area contributed by atoms with Crippen molar-refractivity contribution in [1.29, 1.82) is 10.5 Å². The molecule has 0 fully saturated rings. The van der Waals surface area contributed by atoms with Crippen molar-refractivity contribution in [2.24, 2.45) is 0 Å². The zero-order valence-electron chi connectivity index (χ0n) is 13.8. The maximum atomic E-state index is 12.8. The lowest BCUT2D eigenvalue weighted by atomic mass is 9.96. The van der Waals surface area contributed by atoms with Crippen LogP contribution in [0.2, 0.25) is 5.02 Å². The van der Waals surface area contributed by atoms with Crippen LogP contribution in [0, 0.1) is 22.7 Å². The van der Waals surface area contributed by atoms with Crippen molar-refractivity contribution in [1.82, 2.24) is 4.90 Å². The van der Waals surface area contributed by atoms with E-state index in [-0.39, 0.29) is 16.7 Å². The number of hydrogen-bond donors (Lipinski definition) is 0. The van der Waals surface area contributed by atoms with Gasteiger partial charge in [0, 0.05) is 5.02 Å². The zero-order chi connectivity index (χ0) is 19.6. The van der Waals surface area contributed by atoms with Crippen molar-refractivity contribution >= 4 is 34.8 Å². The standard InChI is InChI=1S/C20H10ClN3O3/c21-14-7-5-12(6-8-14)18(13(9-22)10-23)17(25)11-24-19(26)15-3-1-2-4-16(15)20(24)27/h1-8H,11H2. The molecule has 1 aliphatic rings. The number of amides is 2. The van der Waals surface area contributed by atoms with E-state index in [1.54, 1.807) is 24.3 Å². The number of carbonyl (C=O) groups is 3. The van der Waals surface area contributed by atoms with Crippen LogP contribution in [0.15, 0.2) is 54.1 Å². The molecule has 0 aliphatic carbocycles. The lowest BCUT2D eigenvalue weighted by molar-refractivity contribution is -0.114. The van der Waals surface area contributed by atoms with Crippen molar-refractivity contribution in [3.63, 3.8) is 0 Å². The first-order valence-electron chi connectivity index (χ1n) is 7.76. The van der Waals surface area contributed by atoms with Gasteiger partial charge < -0.3 is 0 Å². The Labute approximate surface area is 159 Å². The topological polar surface area (TPSA) is 102 Å². The van der Waals surface area contributed by atoms with Gasteiger partial charge in [-0.3, -0.25) is 19.3 Å². The maximum absolute atomic E-state index is 12.8. The van der Waals surface area contributed by atoms with Gasteiger partial charge in [-0.2, -0.15) is 10.5 Å². The van der Waals surface area contributed by atoms with Gasteiger partial charge in [-0.1, -0.05) is 35.9 Å². The molecule has 0 atom stereocenters. The summed E-state index contributed by atoms with van der Waals surface area (Å²) in [5.41, 5.74) is 0.174. The lowest BCUT2D eigenvalue weighted by Gasteiger charge is -2.14. The second-order valence-corrected chi connectivity index (χ2v) is 6.08. The molecule has 2 aromatic carbocycles. The van der Waals surface area contributed by atoms with Gasteiger partial charge in [-0.25, -0.2) is 0 Å². The van der Waals surface area contributed by atoms with Crippen LogP contribution in [-0.2, 0) is 4.79 Å². The SMILES string of the molecule is N#CC(C#N)=C(C(=O)CN1C(=O)c2ccccc2C1=O)c1ccc(Cl)cc1. The van der Waals surface area contributed by atoms with Crippen LogP contribution in [0.1, 0.15) is 26.3 Å². The number of carbonyl (C=O) groups excluding carboxylic acids is 3. The average Bonchev–Trinajstić information content (AvgIpc) is 2.92. The van der Waals surface area contributed by atoms with E-state index in [2.05, 4.69) is 0 Å². The van der Waals surface area contributed by atoms with E-state index in [4.69, 9.17) is 11.6 Å². The van der Waals surface area contributed by atoms with Crippen LogP contribution in [-0.4, -0.2) is 29.0 Å². The smallest absolute Gasteiger partial charge is 0.261 e. The highest BCUT2D eigenvalue weighted by atomic mass is 35.5. The predicted molar refractivity (Wildman–Crippen MR) is 96.4 cm³/mol. The number of allylic oxidation sites excluding steroid dienone is 1. The fourth-order valence-corrected chi connectivity index (χ4v) is 2.93. The number of ketones is 1. The van der Waals surface area contributed by atoms with Crippen molar-refractivity contribution in [2.75, 3.05) is 6.54 Å².